The van der Waals surface area contributed by atoms with E-state index in [0.717, 1.165) is 0 Å². The van der Waals surface area contributed by atoms with Gasteiger partial charge in [0.25, 0.3) is 5.91 Å². The molecule has 0 radical (unpaired) electrons. The second kappa shape index (κ2) is 10.6. The molecule has 0 aliphatic heterocycles. The molecule has 0 atom stereocenters. The number of halogens is 4. The molecule has 0 spiro atoms. The van der Waals surface area contributed by atoms with Gasteiger partial charge in [0.1, 0.15) is 10.9 Å². The highest BCUT2D eigenvalue weighted by molar-refractivity contribution is 7.07. The maximum absolute atomic E-state index is 12.7. The zero-order valence-electron chi connectivity index (χ0n) is 17.2. The minimum atomic E-state index is -4.78. The molecule has 3 rings (SSSR count). The number of carbonyl (C=O) groups is 2. The van der Waals surface area contributed by atoms with E-state index < -0.39 is 12.3 Å². The number of alkyl halides is 3. The predicted molar refractivity (Wildman–Crippen MR) is 117 cm³/mol. The molecule has 0 aliphatic rings. The van der Waals surface area contributed by atoms with Gasteiger partial charge in [-0.2, -0.15) is 4.99 Å². The van der Waals surface area contributed by atoms with Crippen LogP contribution in [0.4, 0.5) is 13.2 Å². The molecular formula is C21H18ClF3N4O3S. The van der Waals surface area contributed by atoms with Gasteiger partial charge in [-0.1, -0.05) is 11.6 Å². The molecule has 174 valence electrons. The standard InChI is InChI=1S/C21H18ClF3N4O3S/c1-13(30)26-10-3-11-29-17(14-5-7-15(8-6-14)32-21(23,24)25)12-33-20(29)28-19(31)16-4-2-9-27-18(16)22/h2,4-9,12H,3,10-11H2,1H3,(H,26,30)/b28-20-. The average molecular weight is 499 g/mol. The van der Waals surface area contributed by atoms with Gasteiger partial charge in [0.05, 0.1) is 11.3 Å². The number of benzene rings is 1. The van der Waals surface area contributed by atoms with Crippen molar-refractivity contribution < 1.29 is 27.5 Å². The van der Waals surface area contributed by atoms with Crippen molar-refractivity contribution in [3.05, 3.63) is 63.5 Å². The summed E-state index contributed by atoms with van der Waals surface area (Å²) in [6, 6.07) is 8.46. The van der Waals surface area contributed by atoms with Crippen molar-refractivity contribution in [2.24, 2.45) is 4.99 Å². The Morgan fingerprint density at radius 3 is 2.61 bits per heavy atom. The lowest BCUT2D eigenvalue weighted by Gasteiger charge is -2.11. The lowest BCUT2D eigenvalue weighted by Crippen LogP contribution is -2.24. The van der Waals surface area contributed by atoms with E-state index >= 15 is 0 Å². The van der Waals surface area contributed by atoms with Crippen LogP contribution in [0.15, 0.2) is 53.0 Å². The van der Waals surface area contributed by atoms with Crippen LogP contribution in [0.5, 0.6) is 5.75 Å². The molecule has 0 fully saturated rings. The van der Waals surface area contributed by atoms with E-state index in [0.29, 0.717) is 35.6 Å². The van der Waals surface area contributed by atoms with Crippen LogP contribution in [-0.4, -0.2) is 34.3 Å². The summed E-state index contributed by atoms with van der Waals surface area (Å²) in [5.41, 5.74) is 1.39. The summed E-state index contributed by atoms with van der Waals surface area (Å²) in [6.07, 6.45) is -2.79. The topological polar surface area (TPSA) is 85.6 Å². The van der Waals surface area contributed by atoms with Crippen LogP contribution in [0.3, 0.4) is 0 Å². The quantitative estimate of drug-likeness (QED) is 0.386. The molecule has 2 aromatic heterocycles. The molecule has 2 amide bonds. The number of ether oxygens (including phenoxy) is 1. The van der Waals surface area contributed by atoms with Gasteiger partial charge in [0, 0.05) is 31.6 Å². The van der Waals surface area contributed by atoms with Crippen molar-refractivity contribution in [2.75, 3.05) is 6.54 Å². The second-order valence-corrected chi connectivity index (χ2v) is 7.92. The summed E-state index contributed by atoms with van der Waals surface area (Å²) in [5, 5.41) is 4.47. The first-order chi connectivity index (χ1) is 15.6. The third-order valence-electron chi connectivity index (χ3n) is 4.30. The Balaban J connectivity index is 1.95. The SMILES string of the molecule is CC(=O)NCCCn1c(-c2ccc(OC(F)(F)F)cc2)cs/c1=N\C(=O)c1cccnc1Cl. The minimum Gasteiger partial charge on any atom is -0.406 e. The van der Waals surface area contributed by atoms with Crippen molar-refractivity contribution in [1.82, 2.24) is 14.9 Å². The van der Waals surface area contributed by atoms with Crippen LogP contribution in [0.2, 0.25) is 5.15 Å². The molecule has 0 saturated heterocycles. The number of hydrogen-bond donors (Lipinski definition) is 1. The van der Waals surface area contributed by atoms with Crippen molar-refractivity contribution >= 4 is 34.8 Å². The Morgan fingerprint density at radius 1 is 1.24 bits per heavy atom. The zero-order valence-corrected chi connectivity index (χ0v) is 18.8. The molecule has 0 unspecified atom stereocenters. The van der Waals surface area contributed by atoms with E-state index in [1.165, 1.54) is 54.8 Å². The summed E-state index contributed by atoms with van der Waals surface area (Å²) in [7, 11) is 0. The van der Waals surface area contributed by atoms with E-state index in [-0.39, 0.29) is 22.4 Å². The van der Waals surface area contributed by atoms with E-state index in [4.69, 9.17) is 11.6 Å². The number of nitrogens with zero attached hydrogens (tertiary/aromatic N) is 3. The number of amides is 2. The van der Waals surface area contributed by atoms with Crippen molar-refractivity contribution in [1.29, 1.82) is 0 Å². The lowest BCUT2D eigenvalue weighted by atomic mass is 10.1. The highest BCUT2D eigenvalue weighted by Crippen LogP contribution is 2.27. The van der Waals surface area contributed by atoms with Gasteiger partial charge in [0.15, 0.2) is 4.80 Å². The van der Waals surface area contributed by atoms with Gasteiger partial charge in [-0.05, 0) is 48.4 Å². The van der Waals surface area contributed by atoms with E-state index in [2.05, 4.69) is 20.0 Å². The monoisotopic (exact) mass is 498 g/mol. The van der Waals surface area contributed by atoms with Gasteiger partial charge < -0.3 is 14.6 Å². The number of pyridine rings is 1. The fraction of sp³-hybridized carbons (Fsp3) is 0.238. The Hall–Kier alpha value is -3.18. The summed E-state index contributed by atoms with van der Waals surface area (Å²) in [4.78, 5) is 32.2. The molecule has 12 heteroatoms. The maximum Gasteiger partial charge on any atom is 0.573 e. The van der Waals surface area contributed by atoms with E-state index in [1.807, 2.05) is 0 Å². The number of carbonyl (C=O) groups excluding carboxylic acids is 2. The zero-order chi connectivity index (χ0) is 24.0. The minimum absolute atomic E-state index is 0.0282. The summed E-state index contributed by atoms with van der Waals surface area (Å²) in [6.45, 7) is 2.20. The first-order valence-electron chi connectivity index (χ1n) is 9.62. The largest absolute Gasteiger partial charge is 0.573 e. The summed E-state index contributed by atoms with van der Waals surface area (Å²) >= 11 is 7.18. The Morgan fingerprint density at radius 2 is 1.97 bits per heavy atom. The second-order valence-electron chi connectivity index (χ2n) is 6.72. The van der Waals surface area contributed by atoms with Crippen molar-refractivity contribution in [3.63, 3.8) is 0 Å². The molecule has 33 heavy (non-hydrogen) atoms. The molecule has 1 N–H and O–H groups in total. The van der Waals surface area contributed by atoms with Crippen LogP contribution in [0.25, 0.3) is 11.3 Å². The van der Waals surface area contributed by atoms with Gasteiger partial charge in [0.2, 0.25) is 5.91 Å². The lowest BCUT2D eigenvalue weighted by molar-refractivity contribution is -0.274. The summed E-state index contributed by atoms with van der Waals surface area (Å²) < 4.78 is 43.0. The number of aromatic nitrogens is 2. The Bertz CT molecular complexity index is 1210. The highest BCUT2D eigenvalue weighted by Gasteiger charge is 2.31. The molecule has 3 aromatic rings. The third kappa shape index (κ3) is 6.90. The Labute approximate surface area is 195 Å². The van der Waals surface area contributed by atoms with Crippen LogP contribution in [0.1, 0.15) is 23.7 Å². The van der Waals surface area contributed by atoms with Gasteiger partial charge in [-0.3, -0.25) is 9.59 Å². The molecule has 1 aromatic carbocycles. The molecule has 2 heterocycles. The van der Waals surface area contributed by atoms with Crippen LogP contribution in [0, 0.1) is 0 Å². The normalized spacial score (nSPS) is 12.0. The number of rotatable bonds is 7. The van der Waals surface area contributed by atoms with Crippen LogP contribution >= 0.6 is 22.9 Å². The number of nitrogens with one attached hydrogen (secondary N) is 1. The van der Waals surface area contributed by atoms with Crippen LogP contribution in [-0.2, 0) is 11.3 Å². The summed E-state index contributed by atoms with van der Waals surface area (Å²) in [5.74, 6) is -1.09. The van der Waals surface area contributed by atoms with Crippen molar-refractivity contribution in [3.8, 4) is 17.0 Å². The smallest absolute Gasteiger partial charge is 0.406 e. The number of thiazole rings is 1. The molecule has 0 saturated carbocycles. The van der Waals surface area contributed by atoms with Gasteiger partial charge >= 0.3 is 6.36 Å². The first kappa shape index (κ1) is 24.5. The molecular weight excluding hydrogens is 481 g/mol. The maximum atomic E-state index is 12.7. The third-order valence-corrected chi connectivity index (χ3v) is 5.47. The highest BCUT2D eigenvalue weighted by atomic mass is 35.5. The fourth-order valence-electron chi connectivity index (χ4n) is 2.89. The first-order valence-corrected chi connectivity index (χ1v) is 10.9. The molecule has 0 bridgehead atoms. The average Bonchev–Trinajstić information content (AvgIpc) is 3.13. The van der Waals surface area contributed by atoms with Gasteiger partial charge in [-0.25, -0.2) is 4.98 Å². The Kier molecular flexibility index (Phi) is 7.88. The van der Waals surface area contributed by atoms with Gasteiger partial charge in [-0.15, -0.1) is 24.5 Å². The number of hydrogen-bond acceptors (Lipinski definition) is 5. The fourth-order valence-corrected chi connectivity index (χ4v) is 4.02. The van der Waals surface area contributed by atoms with E-state index in [9.17, 15) is 22.8 Å². The van der Waals surface area contributed by atoms with Crippen LogP contribution < -0.4 is 14.9 Å². The van der Waals surface area contributed by atoms with Crippen molar-refractivity contribution in [2.45, 2.75) is 26.3 Å². The van der Waals surface area contributed by atoms with E-state index in [1.54, 1.807) is 16.0 Å². The molecule has 0 aliphatic carbocycles. The molecule has 7 nitrogen and oxygen atoms in total. The predicted octanol–water partition coefficient (Wildman–Crippen LogP) is 4.43.